The summed E-state index contributed by atoms with van der Waals surface area (Å²) in [6.07, 6.45) is 5.93. The molecular formula is C16H21FN2. The van der Waals surface area contributed by atoms with Crippen molar-refractivity contribution >= 4 is 10.9 Å². The van der Waals surface area contributed by atoms with Crippen molar-refractivity contribution in [3.05, 3.63) is 35.8 Å². The molecule has 2 nitrogen and oxygen atoms in total. The van der Waals surface area contributed by atoms with Gasteiger partial charge in [0.2, 0.25) is 0 Å². The Balaban J connectivity index is 1.97. The number of hydrogen-bond acceptors (Lipinski definition) is 1. The van der Waals surface area contributed by atoms with Crippen LogP contribution in [0, 0.1) is 5.82 Å². The molecule has 1 aromatic carbocycles. The van der Waals surface area contributed by atoms with Gasteiger partial charge in [-0.15, -0.1) is 0 Å². The molecule has 1 heterocycles. The SMILES string of the molecule is CC(C)n1cc(CNC2CCC2)c2c(F)cccc21. The Morgan fingerprint density at radius 2 is 2.16 bits per heavy atom. The lowest BCUT2D eigenvalue weighted by Crippen LogP contribution is -2.34. The Morgan fingerprint density at radius 3 is 2.79 bits per heavy atom. The average Bonchev–Trinajstić information content (AvgIpc) is 2.68. The standard InChI is InChI=1S/C16H21FN2/c1-11(2)19-10-12(9-18-13-5-3-6-13)16-14(17)7-4-8-15(16)19/h4,7-8,10-11,13,18H,3,5-6,9H2,1-2H3. The number of aromatic nitrogens is 1. The summed E-state index contributed by atoms with van der Waals surface area (Å²) < 4.78 is 16.3. The fourth-order valence-electron chi connectivity index (χ4n) is 2.78. The number of benzene rings is 1. The first kappa shape index (κ1) is 12.7. The molecule has 19 heavy (non-hydrogen) atoms. The molecule has 3 rings (SSSR count). The van der Waals surface area contributed by atoms with Gasteiger partial charge in [-0.05, 0) is 44.4 Å². The van der Waals surface area contributed by atoms with Gasteiger partial charge in [-0.3, -0.25) is 0 Å². The molecule has 1 aliphatic carbocycles. The van der Waals surface area contributed by atoms with E-state index >= 15 is 0 Å². The van der Waals surface area contributed by atoms with Gasteiger partial charge in [-0.2, -0.15) is 0 Å². The summed E-state index contributed by atoms with van der Waals surface area (Å²) >= 11 is 0. The van der Waals surface area contributed by atoms with Gasteiger partial charge in [0, 0.05) is 30.2 Å². The minimum atomic E-state index is -0.109. The van der Waals surface area contributed by atoms with Gasteiger partial charge in [0.1, 0.15) is 5.82 Å². The first-order chi connectivity index (χ1) is 9.16. The van der Waals surface area contributed by atoms with Gasteiger partial charge in [0.05, 0.1) is 5.52 Å². The van der Waals surface area contributed by atoms with Crippen LogP contribution in [0.25, 0.3) is 10.9 Å². The molecule has 102 valence electrons. The predicted molar refractivity (Wildman–Crippen MR) is 76.8 cm³/mol. The molecule has 1 fully saturated rings. The number of halogens is 1. The van der Waals surface area contributed by atoms with E-state index in [4.69, 9.17) is 0 Å². The van der Waals surface area contributed by atoms with E-state index in [-0.39, 0.29) is 5.82 Å². The van der Waals surface area contributed by atoms with Crippen molar-refractivity contribution in [3.63, 3.8) is 0 Å². The summed E-state index contributed by atoms with van der Waals surface area (Å²) in [4.78, 5) is 0. The summed E-state index contributed by atoms with van der Waals surface area (Å²) in [5, 5.41) is 4.31. The first-order valence-electron chi connectivity index (χ1n) is 7.18. The number of nitrogens with zero attached hydrogens (tertiary/aromatic N) is 1. The topological polar surface area (TPSA) is 17.0 Å². The Bertz CT molecular complexity index is 582. The highest BCUT2D eigenvalue weighted by Crippen LogP contribution is 2.28. The summed E-state index contributed by atoms with van der Waals surface area (Å²) in [6, 6.07) is 6.33. The van der Waals surface area contributed by atoms with Crippen LogP contribution >= 0.6 is 0 Å². The fourth-order valence-corrected chi connectivity index (χ4v) is 2.78. The summed E-state index contributed by atoms with van der Waals surface area (Å²) in [5.74, 6) is -0.109. The third kappa shape index (κ3) is 2.27. The van der Waals surface area contributed by atoms with Crippen molar-refractivity contribution < 1.29 is 4.39 Å². The molecule has 0 bridgehead atoms. The van der Waals surface area contributed by atoms with Crippen molar-refractivity contribution in [2.24, 2.45) is 0 Å². The lowest BCUT2D eigenvalue weighted by atomic mass is 9.93. The highest BCUT2D eigenvalue weighted by molar-refractivity contribution is 5.84. The van der Waals surface area contributed by atoms with Crippen molar-refractivity contribution in [2.45, 2.75) is 51.7 Å². The van der Waals surface area contributed by atoms with Crippen LogP contribution in [0.15, 0.2) is 24.4 Å². The van der Waals surface area contributed by atoms with Crippen LogP contribution in [0.5, 0.6) is 0 Å². The van der Waals surface area contributed by atoms with Crippen LogP contribution in [-0.4, -0.2) is 10.6 Å². The highest BCUT2D eigenvalue weighted by atomic mass is 19.1. The van der Waals surface area contributed by atoms with Crippen LogP contribution in [0.2, 0.25) is 0 Å². The van der Waals surface area contributed by atoms with Crippen LogP contribution in [0.3, 0.4) is 0 Å². The third-order valence-electron chi connectivity index (χ3n) is 4.13. The molecule has 1 saturated carbocycles. The monoisotopic (exact) mass is 260 g/mol. The minimum Gasteiger partial charge on any atom is -0.345 e. The van der Waals surface area contributed by atoms with Crippen LogP contribution in [0.1, 0.15) is 44.7 Å². The largest absolute Gasteiger partial charge is 0.345 e. The second-order valence-corrected chi connectivity index (χ2v) is 5.80. The molecule has 0 aliphatic heterocycles. The van der Waals surface area contributed by atoms with Gasteiger partial charge in [0.15, 0.2) is 0 Å². The molecule has 1 N–H and O–H groups in total. The molecule has 0 spiro atoms. The molecule has 0 radical (unpaired) electrons. The number of nitrogens with one attached hydrogen (secondary N) is 1. The Morgan fingerprint density at radius 1 is 1.37 bits per heavy atom. The zero-order chi connectivity index (χ0) is 13.4. The molecule has 0 unspecified atom stereocenters. The molecule has 2 aromatic rings. The second kappa shape index (κ2) is 4.97. The number of rotatable bonds is 4. The maximum atomic E-state index is 14.1. The molecule has 0 amide bonds. The van der Waals surface area contributed by atoms with Crippen molar-refractivity contribution in [3.8, 4) is 0 Å². The quantitative estimate of drug-likeness (QED) is 0.879. The molecule has 0 atom stereocenters. The number of fused-ring (bicyclic) bond motifs is 1. The molecule has 1 aromatic heterocycles. The summed E-state index contributed by atoms with van der Waals surface area (Å²) in [6.45, 7) is 5.03. The highest BCUT2D eigenvalue weighted by Gasteiger charge is 2.18. The van der Waals surface area contributed by atoms with Crippen LogP contribution in [0.4, 0.5) is 4.39 Å². The Labute approximate surface area is 113 Å². The van der Waals surface area contributed by atoms with E-state index in [9.17, 15) is 4.39 Å². The summed E-state index contributed by atoms with van der Waals surface area (Å²) in [5.41, 5.74) is 2.08. The van der Waals surface area contributed by atoms with E-state index in [1.807, 2.05) is 6.07 Å². The Kier molecular flexibility index (Phi) is 3.31. The van der Waals surface area contributed by atoms with Crippen molar-refractivity contribution in [2.75, 3.05) is 0 Å². The van der Waals surface area contributed by atoms with Gasteiger partial charge in [-0.25, -0.2) is 4.39 Å². The van der Waals surface area contributed by atoms with E-state index in [0.717, 1.165) is 23.0 Å². The fraction of sp³-hybridized carbons (Fsp3) is 0.500. The maximum Gasteiger partial charge on any atom is 0.132 e. The minimum absolute atomic E-state index is 0.109. The summed E-state index contributed by atoms with van der Waals surface area (Å²) in [7, 11) is 0. The lowest BCUT2D eigenvalue weighted by Gasteiger charge is -2.26. The average molecular weight is 260 g/mol. The van der Waals surface area contributed by atoms with Gasteiger partial charge in [0.25, 0.3) is 0 Å². The molecular weight excluding hydrogens is 239 g/mol. The van der Waals surface area contributed by atoms with Gasteiger partial charge >= 0.3 is 0 Å². The Hall–Kier alpha value is -1.35. The lowest BCUT2D eigenvalue weighted by molar-refractivity contribution is 0.338. The van der Waals surface area contributed by atoms with Gasteiger partial charge < -0.3 is 9.88 Å². The first-order valence-corrected chi connectivity index (χ1v) is 7.18. The van der Waals surface area contributed by atoms with E-state index in [0.29, 0.717) is 12.1 Å². The van der Waals surface area contributed by atoms with E-state index < -0.39 is 0 Å². The van der Waals surface area contributed by atoms with E-state index in [2.05, 4.69) is 29.9 Å². The predicted octanol–water partition coefficient (Wildman–Crippen LogP) is 4.00. The van der Waals surface area contributed by atoms with Gasteiger partial charge in [-0.1, -0.05) is 12.5 Å². The maximum absolute atomic E-state index is 14.1. The van der Waals surface area contributed by atoms with Crippen LogP contribution in [-0.2, 0) is 6.54 Å². The van der Waals surface area contributed by atoms with Crippen molar-refractivity contribution in [1.82, 2.24) is 9.88 Å². The molecule has 3 heteroatoms. The normalized spacial score (nSPS) is 16.2. The zero-order valence-corrected chi connectivity index (χ0v) is 11.6. The zero-order valence-electron chi connectivity index (χ0n) is 11.6. The molecule has 1 aliphatic rings. The van der Waals surface area contributed by atoms with E-state index in [1.165, 1.54) is 19.3 Å². The molecule has 0 saturated heterocycles. The van der Waals surface area contributed by atoms with Crippen molar-refractivity contribution in [1.29, 1.82) is 0 Å². The smallest absolute Gasteiger partial charge is 0.132 e. The number of hydrogen-bond donors (Lipinski definition) is 1. The van der Waals surface area contributed by atoms with Crippen LogP contribution < -0.4 is 5.32 Å². The van der Waals surface area contributed by atoms with E-state index in [1.54, 1.807) is 12.1 Å². The second-order valence-electron chi connectivity index (χ2n) is 5.80. The third-order valence-corrected chi connectivity index (χ3v) is 4.13.